The third-order valence-electron chi connectivity index (χ3n) is 2.54. The maximum atomic E-state index is 5.41. The molecular weight excluding hydrogens is 158 g/mol. The predicted molar refractivity (Wildman–Crippen MR) is 56.6 cm³/mol. The van der Waals surface area contributed by atoms with Crippen LogP contribution in [-0.2, 0) is 12.8 Å². The van der Waals surface area contributed by atoms with Crippen molar-refractivity contribution < 1.29 is 0 Å². The summed E-state index contributed by atoms with van der Waals surface area (Å²) in [5, 5.41) is 0. The van der Waals surface area contributed by atoms with E-state index in [1.807, 2.05) is 0 Å². The molecule has 0 aliphatic heterocycles. The predicted octanol–water partition coefficient (Wildman–Crippen LogP) is 2.15. The average Bonchev–Trinajstić information content (AvgIpc) is 2.10. The highest BCUT2D eigenvalue weighted by Crippen LogP contribution is 2.24. The molecule has 2 N–H and O–H groups in total. The highest BCUT2D eigenvalue weighted by molar-refractivity contribution is 5.53. The first kappa shape index (κ1) is 8.52. The first-order valence-electron chi connectivity index (χ1n) is 4.88. The van der Waals surface area contributed by atoms with Crippen LogP contribution in [0.5, 0.6) is 0 Å². The van der Waals surface area contributed by atoms with Crippen LogP contribution in [0.25, 0.3) is 6.08 Å². The van der Waals surface area contributed by atoms with Crippen LogP contribution in [0.15, 0.2) is 24.3 Å². The lowest BCUT2D eigenvalue weighted by molar-refractivity contribution is 0.839. The molecule has 2 rings (SSSR count). The fraction of sp³-hybridized carbons (Fsp3) is 0.333. The van der Waals surface area contributed by atoms with E-state index in [1.54, 1.807) is 0 Å². The van der Waals surface area contributed by atoms with Gasteiger partial charge >= 0.3 is 0 Å². The van der Waals surface area contributed by atoms with Crippen LogP contribution in [0.4, 0.5) is 0 Å². The Kier molecular flexibility index (Phi) is 2.46. The van der Waals surface area contributed by atoms with Gasteiger partial charge in [-0.25, -0.2) is 0 Å². The molecule has 1 aromatic carbocycles. The Hall–Kier alpha value is -1.08. The molecule has 0 bridgehead atoms. The standard InChI is InChI=1S/C12H15N/c13-8-2-1-3-10-4-5-11-6-7-12(11)9-10/h1,3-5,9H,2,6-8,13H2. The third kappa shape index (κ3) is 1.81. The molecule has 1 aliphatic carbocycles. The normalized spacial score (nSPS) is 14.2. The molecule has 0 saturated heterocycles. The van der Waals surface area contributed by atoms with E-state index in [4.69, 9.17) is 5.73 Å². The smallest absolute Gasteiger partial charge is 0.00425 e. The van der Waals surface area contributed by atoms with Crippen LogP contribution < -0.4 is 5.73 Å². The fourth-order valence-electron chi connectivity index (χ4n) is 1.63. The van der Waals surface area contributed by atoms with Gasteiger partial charge in [0.25, 0.3) is 0 Å². The van der Waals surface area contributed by atoms with E-state index in [2.05, 4.69) is 30.4 Å². The maximum absolute atomic E-state index is 5.41. The summed E-state index contributed by atoms with van der Waals surface area (Å²) in [6.07, 6.45) is 7.79. The highest BCUT2D eigenvalue weighted by Gasteiger charge is 2.11. The zero-order valence-corrected chi connectivity index (χ0v) is 7.79. The van der Waals surface area contributed by atoms with Gasteiger partial charge in [-0.2, -0.15) is 0 Å². The van der Waals surface area contributed by atoms with Crippen molar-refractivity contribution in [2.75, 3.05) is 6.54 Å². The Labute approximate surface area is 79.3 Å². The molecule has 0 heterocycles. The van der Waals surface area contributed by atoms with Crippen LogP contribution in [0.2, 0.25) is 0 Å². The molecule has 0 radical (unpaired) electrons. The summed E-state index contributed by atoms with van der Waals surface area (Å²) < 4.78 is 0. The van der Waals surface area contributed by atoms with Crippen molar-refractivity contribution in [3.05, 3.63) is 41.0 Å². The molecule has 68 valence electrons. The Balaban J connectivity index is 2.09. The molecule has 0 atom stereocenters. The Morgan fingerprint density at radius 3 is 2.69 bits per heavy atom. The lowest BCUT2D eigenvalue weighted by Gasteiger charge is -2.18. The van der Waals surface area contributed by atoms with Crippen LogP contribution in [-0.4, -0.2) is 6.54 Å². The lowest BCUT2D eigenvalue weighted by atomic mass is 9.87. The summed E-state index contributed by atoms with van der Waals surface area (Å²) >= 11 is 0. The third-order valence-corrected chi connectivity index (χ3v) is 2.54. The zero-order valence-electron chi connectivity index (χ0n) is 7.79. The molecule has 1 aliphatic rings. The summed E-state index contributed by atoms with van der Waals surface area (Å²) in [5.74, 6) is 0. The summed E-state index contributed by atoms with van der Waals surface area (Å²) in [7, 11) is 0. The lowest BCUT2D eigenvalue weighted by Crippen LogP contribution is -2.07. The van der Waals surface area contributed by atoms with Crippen molar-refractivity contribution in [2.45, 2.75) is 19.3 Å². The van der Waals surface area contributed by atoms with Gasteiger partial charge < -0.3 is 5.73 Å². The first-order chi connectivity index (χ1) is 6.40. The second-order valence-corrected chi connectivity index (χ2v) is 3.51. The van der Waals surface area contributed by atoms with Gasteiger partial charge in [0.05, 0.1) is 0 Å². The minimum absolute atomic E-state index is 0.738. The van der Waals surface area contributed by atoms with Gasteiger partial charge in [0, 0.05) is 0 Å². The molecule has 0 aromatic heterocycles. The van der Waals surface area contributed by atoms with Crippen LogP contribution >= 0.6 is 0 Å². The zero-order chi connectivity index (χ0) is 9.10. The fourth-order valence-corrected chi connectivity index (χ4v) is 1.63. The van der Waals surface area contributed by atoms with E-state index < -0.39 is 0 Å². The van der Waals surface area contributed by atoms with Gasteiger partial charge in [0.15, 0.2) is 0 Å². The number of rotatable bonds is 3. The Morgan fingerprint density at radius 1 is 1.23 bits per heavy atom. The molecule has 1 nitrogen and oxygen atoms in total. The van der Waals surface area contributed by atoms with Crippen LogP contribution in [0.1, 0.15) is 23.1 Å². The topological polar surface area (TPSA) is 26.0 Å². The van der Waals surface area contributed by atoms with E-state index in [0.717, 1.165) is 13.0 Å². The summed E-state index contributed by atoms with van der Waals surface area (Å²) in [6, 6.07) is 6.71. The molecule has 0 amide bonds. The average molecular weight is 173 g/mol. The van der Waals surface area contributed by atoms with E-state index in [1.165, 1.54) is 29.5 Å². The molecule has 0 spiro atoms. The molecule has 0 fully saturated rings. The SMILES string of the molecule is NCCC=Cc1ccc2c(c1)CC2. The van der Waals surface area contributed by atoms with Crippen molar-refractivity contribution in [1.29, 1.82) is 0 Å². The van der Waals surface area contributed by atoms with E-state index >= 15 is 0 Å². The van der Waals surface area contributed by atoms with Crippen molar-refractivity contribution >= 4 is 6.08 Å². The Bertz CT molecular complexity index is 326. The van der Waals surface area contributed by atoms with Gasteiger partial charge in [0.2, 0.25) is 0 Å². The van der Waals surface area contributed by atoms with Crippen LogP contribution in [0.3, 0.4) is 0 Å². The molecular formula is C12H15N. The van der Waals surface area contributed by atoms with Crippen molar-refractivity contribution in [2.24, 2.45) is 5.73 Å². The highest BCUT2D eigenvalue weighted by atomic mass is 14.5. The Morgan fingerprint density at radius 2 is 2.08 bits per heavy atom. The quantitative estimate of drug-likeness (QED) is 0.744. The second kappa shape index (κ2) is 3.75. The van der Waals surface area contributed by atoms with Gasteiger partial charge in [-0.3, -0.25) is 0 Å². The molecule has 1 heteroatoms. The van der Waals surface area contributed by atoms with Gasteiger partial charge in [-0.15, -0.1) is 0 Å². The molecule has 1 aromatic rings. The van der Waals surface area contributed by atoms with Gasteiger partial charge in [-0.05, 0) is 42.5 Å². The van der Waals surface area contributed by atoms with Crippen molar-refractivity contribution in [3.63, 3.8) is 0 Å². The number of hydrogen-bond donors (Lipinski definition) is 1. The van der Waals surface area contributed by atoms with E-state index in [-0.39, 0.29) is 0 Å². The van der Waals surface area contributed by atoms with Crippen molar-refractivity contribution in [3.8, 4) is 0 Å². The summed E-state index contributed by atoms with van der Waals surface area (Å²) in [4.78, 5) is 0. The second-order valence-electron chi connectivity index (χ2n) is 3.51. The minimum atomic E-state index is 0.738. The van der Waals surface area contributed by atoms with Gasteiger partial charge in [0.1, 0.15) is 0 Å². The number of fused-ring (bicyclic) bond motifs is 1. The van der Waals surface area contributed by atoms with Gasteiger partial charge in [-0.1, -0.05) is 30.4 Å². The first-order valence-corrected chi connectivity index (χ1v) is 4.88. The van der Waals surface area contributed by atoms with Crippen molar-refractivity contribution in [1.82, 2.24) is 0 Å². The maximum Gasteiger partial charge on any atom is -0.00425 e. The largest absolute Gasteiger partial charge is 0.330 e. The number of hydrogen-bond acceptors (Lipinski definition) is 1. The number of benzene rings is 1. The number of aryl methyl sites for hydroxylation is 2. The minimum Gasteiger partial charge on any atom is -0.330 e. The molecule has 0 saturated carbocycles. The van der Waals surface area contributed by atoms with E-state index in [0.29, 0.717) is 0 Å². The summed E-state index contributed by atoms with van der Waals surface area (Å²) in [5.41, 5.74) is 9.77. The van der Waals surface area contributed by atoms with Crippen LogP contribution in [0, 0.1) is 0 Å². The van der Waals surface area contributed by atoms with E-state index in [9.17, 15) is 0 Å². The molecule has 0 unspecified atom stereocenters. The monoisotopic (exact) mass is 173 g/mol. The molecule has 13 heavy (non-hydrogen) atoms. The summed E-state index contributed by atoms with van der Waals surface area (Å²) in [6.45, 7) is 0.738. The number of nitrogens with two attached hydrogens (primary N) is 1.